The van der Waals surface area contributed by atoms with Gasteiger partial charge in [0.1, 0.15) is 11.5 Å². The first-order valence-electron chi connectivity index (χ1n) is 9.53. The van der Waals surface area contributed by atoms with Crippen LogP contribution >= 0.6 is 0 Å². The van der Waals surface area contributed by atoms with E-state index in [1.54, 1.807) is 0 Å². The first-order valence-corrected chi connectivity index (χ1v) is 12.5. The molecular weight excluding hydrogens is 334 g/mol. The van der Waals surface area contributed by atoms with Gasteiger partial charge in [-0.05, 0) is 51.1 Å². The predicted molar refractivity (Wildman–Crippen MR) is 117 cm³/mol. The van der Waals surface area contributed by atoms with Gasteiger partial charge in [-0.3, -0.25) is 4.90 Å². The first-order chi connectivity index (χ1) is 12.2. The summed E-state index contributed by atoms with van der Waals surface area (Å²) in [4.78, 5) is 2.39. The van der Waals surface area contributed by atoms with Crippen molar-refractivity contribution in [2.45, 2.75) is 53.1 Å². The molecule has 3 heteroatoms. The highest BCUT2D eigenvalue weighted by molar-refractivity contribution is 6.57. The van der Waals surface area contributed by atoms with E-state index in [0.29, 0.717) is 0 Å². The largest absolute Gasteiger partial charge is 0.491 e. The van der Waals surface area contributed by atoms with Gasteiger partial charge in [0, 0.05) is 18.5 Å². The van der Waals surface area contributed by atoms with Crippen molar-refractivity contribution in [1.82, 2.24) is 4.90 Å². The highest BCUT2D eigenvalue weighted by Crippen LogP contribution is 2.17. The maximum absolute atomic E-state index is 6.12. The van der Waals surface area contributed by atoms with Gasteiger partial charge in [-0.2, -0.15) is 0 Å². The Labute approximate surface area is 162 Å². The van der Waals surface area contributed by atoms with Crippen LogP contribution in [0.2, 0.25) is 13.1 Å². The molecule has 1 rings (SSSR count). The molecule has 0 saturated heterocycles. The molecule has 0 aromatic heterocycles. The zero-order valence-corrected chi connectivity index (χ0v) is 18.5. The van der Waals surface area contributed by atoms with Gasteiger partial charge in [-0.25, -0.2) is 0 Å². The quantitative estimate of drug-likeness (QED) is 0.342. The van der Waals surface area contributed by atoms with Gasteiger partial charge in [0.2, 0.25) is 0 Å². The van der Waals surface area contributed by atoms with Crippen molar-refractivity contribution < 1.29 is 4.74 Å². The molecule has 0 bridgehead atoms. The molecule has 0 radical (unpaired) electrons. The minimum atomic E-state index is -0.913. The van der Waals surface area contributed by atoms with Crippen molar-refractivity contribution in [3.63, 3.8) is 0 Å². The van der Waals surface area contributed by atoms with Crippen molar-refractivity contribution in [2.75, 3.05) is 13.1 Å². The number of likely N-dealkylation sites (N-methyl/N-ethyl adjacent to an activating group) is 1. The van der Waals surface area contributed by atoms with E-state index in [-0.39, 0.29) is 11.1 Å². The highest BCUT2D eigenvalue weighted by Gasteiger charge is 2.12. The maximum Gasteiger partial charge on any atom is 0.120 e. The zero-order chi connectivity index (χ0) is 19.6. The summed E-state index contributed by atoms with van der Waals surface area (Å²) >= 11 is 0. The van der Waals surface area contributed by atoms with E-state index in [9.17, 15) is 0 Å². The highest BCUT2D eigenvalue weighted by atomic mass is 28.3. The van der Waals surface area contributed by atoms with Gasteiger partial charge in [0.25, 0.3) is 0 Å². The van der Waals surface area contributed by atoms with E-state index in [1.165, 1.54) is 5.56 Å². The normalized spacial score (nSPS) is 12.9. The molecule has 1 unspecified atom stereocenters. The first kappa shape index (κ1) is 22.3. The number of hydrogen-bond donors (Lipinski definition) is 0. The molecule has 0 fully saturated rings. The summed E-state index contributed by atoms with van der Waals surface area (Å²) in [5, 5.41) is 0. The van der Waals surface area contributed by atoms with Crippen molar-refractivity contribution >= 4 is 8.80 Å². The fraction of sp³-hybridized carbons (Fsp3) is 0.478. The van der Waals surface area contributed by atoms with Crippen LogP contribution < -0.4 is 4.74 Å². The molecule has 142 valence electrons. The number of rotatable bonds is 9. The third-order valence-electron chi connectivity index (χ3n) is 3.93. The Morgan fingerprint density at radius 1 is 1.31 bits per heavy atom. The summed E-state index contributed by atoms with van der Waals surface area (Å²) in [6, 6.07) is 8.42. The number of hydrogen-bond acceptors (Lipinski definition) is 2. The lowest BCUT2D eigenvalue weighted by Gasteiger charge is -2.21. The van der Waals surface area contributed by atoms with Crippen LogP contribution in [0.3, 0.4) is 0 Å². The maximum atomic E-state index is 6.12. The lowest BCUT2D eigenvalue weighted by molar-refractivity contribution is 0.305. The van der Waals surface area contributed by atoms with E-state index in [2.05, 4.69) is 88.4 Å². The second-order valence-electron chi connectivity index (χ2n) is 7.96. The van der Waals surface area contributed by atoms with Crippen LogP contribution in [0, 0.1) is 17.3 Å². The summed E-state index contributed by atoms with van der Waals surface area (Å²) in [6.45, 7) is 19.8. The van der Waals surface area contributed by atoms with Crippen LogP contribution in [0.5, 0.6) is 5.75 Å². The Bertz CT molecular complexity index is 646. The molecule has 0 saturated carbocycles. The molecule has 0 heterocycles. The average Bonchev–Trinajstić information content (AvgIpc) is 2.57. The van der Waals surface area contributed by atoms with Gasteiger partial charge in [-0.1, -0.05) is 62.7 Å². The van der Waals surface area contributed by atoms with Crippen LogP contribution in [-0.4, -0.2) is 32.5 Å². The van der Waals surface area contributed by atoms with Crippen LogP contribution in [0.25, 0.3) is 0 Å². The Kier molecular flexibility index (Phi) is 9.47. The molecule has 26 heavy (non-hydrogen) atoms. The minimum absolute atomic E-state index is 0.0529. The monoisotopic (exact) mass is 369 g/mol. The van der Waals surface area contributed by atoms with Crippen LogP contribution in [0.4, 0.5) is 0 Å². The van der Waals surface area contributed by atoms with Crippen molar-refractivity contribution in [2.24, 2.45) is 5.41 Å². The predicted octanol–water partition coefficient (Wildman–Crippen LogP) is 5.07. The molecule has 0 amide bonds. The Morgan fingerprint density at radius 3 is 2.62 bits per heavy atom. The van der Waals surface area contributed by atoms with Gasteiger partial charge in [0.15, 0.2) is 0 Å². The third kappa shape index (κ3) is 9.08. The van der Waals surface area contributed by atoms with E-state index in [0.717, 1.165) is 25.4 Å². The Morgan fingerprint density at radius 2 is 2.04 bits per heavy atom. The van der Waals surface area contributed by atoms with Crippen molar-refractivity contribution in [3.05, 3.63) is 54.6 Å². The van der Waals surface area contributed by atoms with Gasteiger partial charge >= 0.3 is 0 Å². The molecule has 2 nitrogen and oxygen atoms in total. The minimum Gasteiger partial charge on any atom is -0.491 e. The van der Waals surface area contributed by atoms with Gasteiger partial charge in [0.05, 0.1) is 8.80 Å². The van der Waals surface area contributed by atoms with Crippen molar-refractivity contribution in [1.29, 1.82) is 0 Å². The summed E-state index contributed by atoms with van der Waals surface area (Å²) in [5.74, 6) is 7.30. The molecule has 1 atom stereocenters. The molecule has 0 aliphatic carbocycles. The third-order valence-corrected chi connectivity index (χ3v) is 5.65. The van der Waals surface area contributed by atoms with E-state index >= 15 is 0 Å². The average molecular weight is 370 g/mol. The number of allylic oxidation sites excluding steroid dienone is 1. The standard InChI is InChI=1S/C23H35NOSi/c1-8-22(26(6)7)25-21-15-13-14-20(18-21)19-24(9-2)17-12-10-11-16-23(3,4)5/h8,10,12-15,18,22,26H,1,9,17,19H2,2-7H3/b12-10+. The van der Waals surface area contributed by atoms with E-state index in [4.69, 9.17) is 4.74 Å². The molecular formula is C23H35NOSi. The Hall–Kier alpha value is -1.76. The van der Waals surface area contributed by atoms with E-state index < -0.39 is 8.80 Å². The Balaban J connectivity index is 2.67. The van der Waals surface area contributed by atoms with E-state index in [1.807, 2.05) is 18.2 Å². The van der Waals surface area contributed by atoms with Gasteiger partial charge in [-0.15, -0.1) is 0 Å². The second kappa shape index (κ2) is 11.1. The zero-order valence-electron chi connectivity index (χ0n) is 17.4. The molecule has 0 spiro atoms. The lowest BCUT2D eigenvalue weighted by Crippen LogP contribution is -2.28. The summed E-state index contributed by atoms with van der Waals surface area (Å²) in [6.07, 6.45) is 6.04. The van der Waals surface area contributed by atoms with Crippen molar-refractivity contribution in [3.8, 4) is 17.6 Å². The number of nitrogens with zero attached hydrogens (tertiary/aromatic N) is 1. The van der Waals surface area contributed by atoms with Crippen LogP contribution in [-0.2, 0) is 6.54 Å². The molecule has 1 aromatic carbocycles. The lowest BCUT2D eigenvalue weighted by atomic mass is 9.98. The number of benzene rings is 1. The summed E-state index contributed by atoms with van der Waals surface area (Å²) in [5.41, 5.74) is 1.50. The second-order valence-corrected chi connectivity index (χ2v) is 11.1. The molecule has 1 aromatic rings. The summed E-state index contributed by atoms with van der Waals surface area (Å²) in [7, 11) is -0.913. The fourth-order valence-corrected chi connectivity index (χ4v) is 3.39. The van der Waals surface area contributed by atoms with Crippen LogP contribution in [0.15, 0.2) is 49.1 Å². The fourth-order valence-electron chi connectivity index (χ4n) is 2.41. The molecule has 0 aliphatic heterocycles. The molecule has 0 aliphatic rings. The number of ether oxygens (including phenoxy) is 1. The summed E-state index contributed by atoms with van der Waals surface area (Å²) < 4.78 is 6.12. The smallest absolute Gasteiger partial charge is 0.120 e. The van der Waals surface area contributed by atoms with Crippen LogP contribution in [0.1, 0.15) is 33.3 Å². The molecule has 0 N–H and O–H groups in total. The van der Waals surface area contributed by atoms with Gasteiger partial charge < -0.3 is 4.74 Å². The topological polar surface area (TPSA) is 12.5 Å². The SMILES string of the molecule is C=CC(Oc1cccc(CN(CC)C/C=C/C#CC(C)(C)C)c1)[SiH](C)C.